The second-order valence-electron chi connectivity index (χ2n) is 6.67. The number of nitrogens with zero attached hydrogens (tertiary/aromatic N) is 2. The highest BCUT2D eigenvalue weighted by Crippen LogP contribution is 2.30. The topological polar surface area (TPSA) is 35.6 Å². The number of thiophene rings is 1. The zero-order valence-electron chi connectivity index (χ0n) is 15.3. The van der Waals surface area contributed by atoms with Crippen LogP contribution in [0.2, 0.25) is 0 Å². The van der Waals surface area contributed by atoms with Crippen molar-refractivity contribution in [1.29, 1.82) is 0 Å². The van der Waals surface area contributed by atoms with E-state index in [1.165, 1.54) is 17.0 Å². The second kappa shape index (κ2) is 8.64. The molecular weight excluding hydrogens is 349 g/mol. The highest BCUT2D eigenvalue weighted by molar-refractivity contribution is 7.10. The molecule has 1 aromatic heterocycles. The van der Waals surface area contributed by atoms with Gasteiger partial charge >= 0.3 is 0 Å². The third-order valence-corrected chi connectivity index (χ3v) is 5.86. The lowest BCUT2D eigenvalue weighted by Crippen LogP contribution is -2.52. The van der Waals surface area contributed by atoms with Crippen molar-refractivity contribution >= 4 is 22.9 Å². The SMILES string of the molecule is CCC(=O)NC(C)C(c1cccs1)N1CCN(c2ccc(F)cc2)CC1. The number of halogens is 1. The maximum atomic E-state index is 13.1. The largest absolute Gasteiger partial charge is 0.369 e. The summed E-state index contributed by atoms with van der Waals surface area (Å²) in [6, 6.07) is 11.2. The summed E-state index contributed by atoms with van der Waals surface area (Å²) >= 11 is 1.74. The van der Waals surface area contributed by atoms with Gasteiger partial charge in [-0.3, -0.25) is 9.69 Å². The van der Waals surface area contributed by atoms with E-state index >= 15 is 0 Å². The lowest BCUT2D eigenvalue weighted by Gasteiger charge is -2.42. The lowest BCUT2D eigenvalue weighted by molar-refractivity contribution is -0.121. The fourth-order valence-corrected chi connectivity index (χ4v) is 4.51. The first-order chi connectivity index (χ1) is 12.6. The van der Waals surface area contributed by atoms with Gasteiger partial charge in [-0.2, -0.15) is 0 Å². The van der Waals surface area contributed by atoms with Crippen molar-refractivity contribution in [3.8, 4) is 0 Å². The first-order valence-electron chi connectivity index (χ1n) is 9.16. The molecule has 1 N–H and O–H groups in total. The third kappa shape index (κ3) is 4.43. The Morgan fingerprint density at radius 1 is 1.19 bits per heavy atom. The molecule has 1 aliphatic heterocycles. The van der Waals surface area contributed by atoms with Crippen LogP contribution >= 0.6 is 11.3 Å². The highest BCUT2D eigenvalue weighted by atomic mass is 32.1. The summed E-state index contributed by atoms with van der Waals surface area (Å²) in [6.45, 7) is 7.57. The Balaban J connectivity index is 1.69. The molecule has 2 atom stereocenters. The molecule has 0 radical (unpaired) electrons. The van der Waals surface area contributed by atoms with E-state index in [0.717, 1.165) is 31.9 Å². The van der Waals surface area contributed by atoms with Gasteiger partial charge in [-0.25, -0.2) is 4.39 Å². The number of anilines is 1. The number of piperazine rings is 1. The zero-order chi connectivity index (χ0) is 18.5. The van der Waals surface area contributed by atoms with Crippen LogP contribution in [0.15, 0.2) is 41.8 Å². The first-order valence-corrected chi connectivity index (χ1v) is 10.0. The van der Waals surface area contributed by atoms with Gasteiger partial charge in [-0.05, 0) is 42.6 Å². The van der Waals surface area contributed by atoms with Crippen molar-refractivity contribution < 1.29 is 9.18 Å². The number of nitrogens with one attached hydrogen (secondary N) is 1. The molecule has 1 saturated heterocycles. The average Bonchev–Trinajstić information content (AvgIpc) is 3.17. The Morgan fingerprint density at radius 3 is 2.46 bits per heavy atom. The minimum absolute atomic E-state index is 0.0541. The van der Waals surface area contributed by atoms with E-state index in [1.54, 1.807) is 11.3 Å². The van der Waals surface area contributed by atoms with Crippen LogP contribution in [0.25, 0.3) is 0 Å². The summed E-state index contributed by atoms with van der Waals surface area (Å²) in [7, 11) is 0. The normalized spacial score (nSPS) is 17.7. The maximum Gasteiger partial charge on any atom is 0.219 e. The Bertz CT molecular complexity index is 696. The van der Waals surface area contributed by atoms with E-state index in [2.05, 4.69) is 39.6 Å². The number of amides is 1. The monoisotopic (exact) mass is 375 g/mol. The fourth-order valence-electron chi connectivity index (χ4n) is 3.55. The summed E-state index contributed by atoms with van der Waals surface area (Å²) in [5.74, 6) is -0.116. The predicted molar refractivity (Wildman–Crippen MR) is 105 cm³/mol. The molecule has 140 valence electrons. The van der Waals surface area contributed by atoms with Crippen LogP contribution in [0.3, 0.4) is 0 Å². The molecule has 0 saturated carbocycles. The van der Waals surface area contributed by atoms with Gasteiger partial charge in [0.2, 0.25) is 5.91 Å². The van der Waals surface area contributed by atoms with Gasteiger partial charge in [-0.15, -0.1) is 11.3 Å². The molecular formula is C20H26FN3OS. The second-order valence-corrected chi connectivity index (χ2v) is 7.65. The molecule has 2 aromatic rings. The Kier molecular flexibility index (Phi) is 6.27. The quantitative estimate of drug-likeness (QED) is 0.837. The molecule has 1 fully saturated rings. The molecule has 2 heterocycles. The van der Waals surface area contributed by atoms with Crippen LogP contribution in [0.5, 0.6) is 0 Å². The Labute approximate surface area is 158 Å². The van der Waals surface area contributed by atoms with Crippen molar-refractivity contribution in [2.45, 2.75) is 32.4 Å². The first kappa shape index (κ1) is 18.9. The van der Waals surface area contributed by atoms with Crippen LogP contribution in [-0.4, -0.2) is 43.0 Å². The Morgan fingerprint density at radius 2 is 1.88 bits per heavy atom. The minimum atomic E-state index is -0.203. The van der Waals surface area contributed by atoms with Crippen molar-refractivity contribution in [3.63, 3.8) is 0 Å². The van der Waals surface area contributed by atoms with Crippen molar-refractivity contribution in [2.75, 3.05) is 31.1 Å². The smallest absolute Gasteiger partial charge is 0.219 e. The van der Waals surface area contributed by atoms with E-state index in [9.17, 15) is 9.18 Å². The fraction of sp³-hybridized carbons (Fsp3) is 0.450. The molecule has 1 aliphatic rings. The van der Waals surface area contributed by atoms with E-state index in [0.29, 0.717) is 6.42 Å². The van der Waals surface area contributed by atoms with Crippen LogP contribution in [0, 0.1) is 5.82 Å². The number of hydrogen-bond acceptors (Lipinski definition) is 4. The van der Waals surface area contributed by atoms with Crippen LogP contribution in [0.1, 0.15) is 31.2 Å². The van der Waals surface area contributed by atoms with Gasteiger partial charge < -0.3 is 10.2 Å². The third-order valence-electron chi connectivity index (χ3n) is 4.92. The molecule has 2 unspecified atom stereocenters. The summed E-state index contributed by atoms with van der Waals surface area (Å²) in [6.07, 6.45) is 0.500. The number of carbonyl (C=O) groups excluding carboxylic acids is 1. The number of rotatable bonds is 6. The van der Waals surface area contributed by atoms with Gasteiger partial charge in [0.1, 0.15) is 5.82 Å². The summed E-state index contributed by atoms with van der Waals surface area (Å²) < 4.78 is 13.1. The van der Waals surface area contributed by atoms with Crippen LogP contribution < -0.4 is 10.2 Å². The Hall–Kier alpha value is -1.92. The molecule has 3 rings (SSSR count). The average molecular weight is 376 g/mol. The highest BCUT2D eigenvalue weighted by Gasteiger charge is 2.30. The summed E-state index contributed by atoms with van der Waals surface area (Å²) in [5, 5.41) is 5.22. The predicted octanol–water partition coefficient (Wildman–Crippen LogP) is 3.67. The van der Waals surface area contributed by atoms with Gasteiger partial charge in [-0.1, -0.05) is 13.0 Å². The van der Waals surface area contributed by atoms with Crippen molar-refractivity contribution in [2.24, 2.45) is 0 Å². The van der Waals surface area contributed by atoms with E-state index in [4.69, 9.17) is 0 Å². The van der Waals surface area contributed by atoms with E-state index in [1.807, 2.05) is 19.1 Å². The zero-order valence-corrected chi connectivity index (χ0v) is 16.1. The van der Waals surface area contributed by atoms with Crippen molar-refractivity contribution in [1.82, 2.24) is 10.2 Å². The van der Waals surface area contributed by atoms with Gasteiger partial charge in [0.15, 0.2) is 0 Å². The number of carbonyl (C=O) groups is 1. The number of hydrogen-bond donors (Lipinski definition) is 1. The molecule has 4 nitrogen and oxygen atoms in total. The van der Waals surface area contributed by atoms with E-state index in [-0.39, 0.29) is 23.8 Å². The molecule has 0 aliphatic carbocycles. The lowest BCUT2D eigenvalue weighted by atomic mass is 10.0. The molecule has 1 amide bonds. The summed E-state index contributed by atoms with van der Waals surface area (Å²) in [5.41, 5.74) is 1.06. The van der Waals surface area contributed by atoms with E-state index < -0.39 is 0 Å². The van der Waals surface area contributed by atoms with Gasteiger partial charge in [0.25, 0.3) is 0 Å². The molecule has 0 bridgehead atoms. The van der Waals surface area contributed by atoms with Crippen molar-refractivity contribution in [3.05, 3.63) is 52.5 Å². The molecule has 0 spiro atoms. The van der Waals surface area contributed by atoms with Gasteiger partial charge in [0, 0.05) is 49.2 Å². The number of benzene rings is 1. The maximum absolute atomic E-state index is 13.1. The van der Waals surface area contributed by atoms with Crippen LogP contribution in [0.4, 0.5) is 10.1 Å². The minimum Gasteiger partial charge on any atom is -0.369 e. The molecule has 1 aromatic carbocycles. The van der Waals surface area contributed by atoms with Gasteiger partial charge in [0.05, 0.1) is 6.04 Å². The molecule has 6 heteroatoms. The van der Waals surface area contributed by atoms with Crippen LogP contribution in [-0.2, 0) is 4.79 Å². The summed E-state index contributed by atoms with van der Waals surface area (Å²) in [4.78, 5) is 17.9. The molecule has 26 heavy (non-hydrogen) atoms. The standard InChI is InChI=1S/C20H26FN3OS/c1-3-19(25)22-15(2)20(18-5-4-14-26-18)24-12-10-23(11-13-24)17-8-6-16(21)7-9-17/h4-9,14-15,20H,3,10-13H2,1-2H3,(H,22,25).